The molecule has 1 fully saturated rings. The predicted octanol–water partition coefficient (Wildman–Crippen LogP) is 2.64. The largest absolute Gasteiger partial charge is 0.284 e. The lowest BCUT2D eigenvalue weighted by Gasteiger charge is -2.38. The molecule has 18 heavy (non-hydrogen) atoms. The fourth-order valence-corrected chi connectivity index (χ4v) is 2.58. The molecule has 0 bridgehead atoms. The van der Waals surface area contributed by atoms with E-state index in [1.165, 1.54) is 12.6 Å². The van der Waals surface area contributed by atoms with Crippen molar-refractivity contribution in [2.24, 2.45) is 0 Å². The average molecular weight is 268 g/mol. The standard InChI is InChI=1S/C13H18ClN3O/c1-9-4-3-5-10(2)17(9)16-13(18)11-6-7-15-8-12(11)14/h6-10H,3-5H2,1-2H3,(H,16,18). The third-order valence-electron chi connectivity index (χ3n) is 3.44. The van der Waals surface area contributed by atoms with Crippen molar-refractivity contribution in [2.45, 2.75) is 45.2 Å². The SMILES string of the molecule is CC1CCCC(C)N1NC(=O)c1ccncc1Cl. The molecule has 0 spiro atoms. The molecule has 0 saturated carbocycles. The van der Waals surface area contributed by atoms with E-state index in [4.69, 9.17) is 11.6 Å². The molecule has 4 nitrogen and oxygen atoms in total. The molecule has 2 unspecified atom stereocenters. The number of carbonyl (C=O) groups is 1. The first-order chi connectivity index (χ1) is 8.59. The van der Waals surface area contributed by atoms with E-state index in [9.17, 15) is 4.79 Å². The van der Waals surface area contributed by atoms with E-state index in [-0.39, 0.29) is 5.91 Å². The van der Waals surface area contributed by atoms with Crippen molar-refractivity contribution in [3.8, 4) is 0 Å². The monoisotopic (exact) mass is 267 g/mol. The molecule has 1 aliphatic rings. The van der Waals surface area contributed by atoms with Crippen LogP contribution in [0.25, 0.3) is 0 Å². The van der Waals surface area contributed by atoms with Gasteiger partial charge in [-0.05, 0) is 32.8 Å². The van der Waals surface area contributed by atoms with E-state index in [2.05, 4.69) is 24.3 Å². The summed E-state index contributed by atoms with van der Waals surface area (Å²) in [6, 6.07) is 2.35. The highest BCUT2D eigenvalue weighted by Gasteiger charge is 2.26. The smallest absolute Gasteiger partial charge is 0.267 e. The van der Waals surface area contributed by atoms with E-state index in [1.54, 1.807) is 12.3 Å². The third-order valence-corrected chi connectivity index (χ3v) is 3.74. The number of hydrazine groups is 1. The van der Waals surface area contributed by atoms with Crippen LogP contribution in [-0.4, -0.2) is 28.0 Å². The first kappa shape index (κ1) is 13.3. The van der Waals surface area contributed by atoms with Crippen molar-refractivity contribution in [1.29, 1.82) is 0 Å². The van der Waals surface area contributed by atoms with Crippen LogP contribution in [0.2, 0.25) is 5.02 Å². The van der Waals surface area contributed by atoms with Gasteiger partial charge in [-0.1, -0.05) is 18.0 Å². The molecule has 98 valence electrons. The molecule has 5 heteroatoms. The van der Waals surface area contributed by atoms with E-state index in [0.29, 0.717) is 22.7 Å². The zero-order chi connectivity index (χ0) is 13.1. The first-order valence-corrected chi connectivity index (χ1v) is 6.66. The zero-order valence-corrected chi connectivity index (χ0v) is 11.4. The maximum absolute atomic E-state index is 12.2. The normalized spacial score (nSPS) is 24.8. The number of rotatable bonds is 2. The molecule has 0 aliphatic carbocycles. The number of carbonyl (C=O) groups excluding carboxylic acids is 1. The molecule has 0 aromatic carbocycles. The number of hydrogen-bond donors (Lipinski definition) is 1. The molecular formula is C13H18ClN3O. The highest BCUT2D eigenvalue weighted by Crippen LogP contribution is 2.21. The number of halogens is 1. The van der Waals surface area contributed by atoms with Gasteiger partial charge in [-0.15, -0.1) is 0 Å². The molecular weight excluding hydrogens is 250 g/mol. The van der Waals surface area contributed by atoms with Crippen LogP contribution in [0.3, 0.4) is 0 Å². The molecule has 1 N–H and O–H groups in total. The van der Waals surface area contributed by atoms with Crippen LogP contribution < -0.4 is 5.43 Å². The molecule has 2 rings (SSSR count). The van der Waals surface area contributed by atoms with Gasteiger partial charge in [-0.3, -0.25) is 15.2 Å². The Morgan fingerprint density at radius 2 is 2.11 bits per heavy atom. The summed E-state index contributed by atoms with van der Waals surface area (Å²) in [5.74, 6) is -0.164. The predicted molar refractivity (Wildman–Crippen MR) is 71.3 cm³/mol. The minimum Gasteiger partial charge on any atom is -0.284 e. The van der Waals surface area contributed by atoms with Gasteiger partial charge < -0.3 is 0 Å². The van der Waals surface area contributed by atoms with Gasteiger partial charge in [-0.2, -0.15) is 0 Å². The van der Waals surface area contributed by atoms with Crippen LogP contribution in [-0.2, 0) is 0 Å². The Morgan fingerprint density at radius 3 is 2.72 bits per heavy atom. The lowest BCUT2D eigenvalue weighted by Crippen LogP contribution is -2.54. The fraction of sp³-hybridized carbons (Fsp3) is 0.538. The van der Waals surface area contributed by atoms with Gasteiger partial charge in [0.2, 0.25) is 0 Å². The van der Waals surface area contributed by atoms with E-state index in [0.717, 1.165) is 12.8 Å². The van der Waals surface area contributed by atoms with Crippen LogP contribution in [0.5, 0.6) is 0 Å². The number of nitrogens with zero attached hydrogens (tertiary/aromatic N) is 2. The van der Waals surface area contributed by atoms with Gasteiger partial charge in [0.05, 0.1) is 10.6 Å². The average Bonchev–Trinajstić information content (AvgIpc) is 2.34. The Kier molecular flexibility index (Phi) is 4.19. The molecule has 0 radical (unpaired) electrons. The quantitative estimate of drug-likeness (QED) is 0.896. The van der Waals surface area contributed by atoms with Crippen molar-refractivity contribution in [2.75, 3.05) is 0 Å². The molecule has 2 heterocycles. The summed E-state index contributed by atoms with van der Waals surface area (Å²) >= 11 is 5.97. The molecule has 2 atom stereocenters. The summed E-state index contributed by atoms with van der Waals surface area (Å²) in [4.78, 5) is 16.0. The third kappa shape index (κ3) is 2.82. The van der Waals surface area contributed by atoms with E-state index < -0.39 is 0 Å². The van der Waals surface area contributed by atoms with Crippen molar-refractivity contribution in [1.82, 2.24) is 15.4 Å². The zero-order valence-electron chi connectivity index (χ0n) is 10.7. The number of aromatic nitrogens is 1. The van der Waals surface area contributed by atoms with Gasteiger partial charge >= 0.3 is 0 Å². The number of amides is 1. The van der Waals surface area contributed by atoms with Crippen molar-refractivity contribution in [3.63, 3.8) is 0 Å². The Balaban J connectivity index is 2.09. The highest BCUT2D eigenvalue weighted by atomic mass is 35.5. The van der Waals surface area contributed by atoms with Gasteiger partial charge in [0, 0.05) is 24.5 Å². The van der Waals surface area contributed by atoms with Crippen molar-refractivity contribution < 1.29 is 4.79 Å². The summed E-state index contributed by atoms with van der Waals surface area (Å²) in [5, 5.41) is 2.41. The highest BCUT2D eigenvalue weighted by molar-refractivity contribution is 6.33. The second kappa shape index (κ2) is 5.67. The lowest BCUT2D eigenvalue weighted by molar-refractivity contribution is 0.0370. The summed E-state index contributed by atoms with van der Waals surface area (Å²) < 4.78 is 0. The Morgan fingerprint density at radius 1 is 1.44 bits per heavy atom. The Hall–Kier alpha value is -1.13. The number of hydrogen-bond acceptors (Lipinski definition) is 3. The fourth-order valence-electron chi connectivity index (χ4n) is 2.38. The van der Waals surface area contributed by atoms with Crippen LogP contribution in [0.1, 0.15) is 43.5 Å². The number of nitrogens with one attached hydrogen (secondary N) is 1. The minimum absolute atomic E-state index is 0.164. The Labute approximate surface area is 112 Å². The van der Waals surface area contributed by atoms with Crippen molar-refractivity contribution in [3.05, 3.63) is 29.0 Å². The topological polar surface area (TPSA) is 45.2 Å². The second-order valence-electron chi connectivity index (χ2n) is 4.83. The summed E-state index contributed by atoms with van der Waals surface area (Å²) in [6.45, 7) is 4.26. The van der Waals surface area contributed by atoms with Crippen LogP contribution in [0.4, 0.5) is 0 Å². The van der Waals surface area contributed by atoms with Crippen LogP contribution in [0, 0.1) is 0 Å². The van der Waals surface area contributed by atoms with Crippen LogP contribution in [0.15, 0.2) is 18.5 Å². The number of piperidine rings is 1. The van der Waals surface area contributed by atoms with Gasteiger partial charge in [0.15, 0.2) is 0 Å². The molecule has 1 aliphatic heterocycles. The summed E-state index contributed by atoms with van der Waals surface area (Å²) in [7, 11) is 0. The maximum atomic E-state index is 12.2. The first-order valence-electron chi connectivity index (χ1n) is 6.28. The molecule has 1 aromatic heterocycles. The van der Waals surface area contributed by atoms with E-state index in [1.807, 2.05) is 5.01 Å². The van der Waals surface area contributed by atoms with Crippen LogP contribution >= 0.6 is 11.6 Å². The maximum Gasteiger partial charge on any atom is 0.267 e. The molecule has 1 aromatic rings. The number of pyridine rings is 1. The summed E-state index contributed by atoms with van der Waals surface area (Å²) in [6.07, 6.45) is 6.48. The van der Waals surface area contributed by atoms with Gasteiger partial charge in [0.1, 0.15) is 0 Å². The second-order valence-corrected chi connectivity index (χ2v) is 5.24. The van der Waals surface area contributed by atoms with Crippen molar-refractivity contribution >= 4 is 17.5 Å². The Bertz CT molecular complexity index is 428. The lowest BCUT2D eigenvalue weighted by atomic mass is 10.00. The molecule has 1 saturated heterocycles. The summed E-state index contributed by atoms with van der Waals surface area (Å²) in [5.41, 5.74) is 3.43. The molecule has 1 amide bonds. The van der Waals surface area contributed by atoms with Gasteiger partial charge in [0.25, 0.3) is 5.91 Å². The van der Waals surface area contributed by atoms with E-state index >= 15 is 0 Å². The van der Waals surface area contributed by atoms with Gasteiger partial charge in [-0.25, -0.2) is 5.01 Å². The minimum atomic E-state index is -0.164.